The van der Waals surface area contributed by atoms with E-state index in [0.29, 0.717) is 24.7 Å². The van der Waals surface area contributed by atoms with Crippen molar-refractivity contribution in [3.63, 3.8) is 0 Å². The summed E-state index contributed by atoms with van der Waals surface area (Å²) in [6.07, 6.45) is 1.70. The van der Waals surface area contributed by atoms with Crippen molar-refractivity contribution in [1.82, 2.24) is 14.9 Å². The van der Waals surface area contributed by atoms with Crippen LogP contribution in [0.25, 0.3) is 11.3 Å². The fourth-order valence-electron chi connectivity index (χ4n) is 3.92. The van der Waals surface area contributed by atoms with Gasteiger partial charge in [0.15, 0.2) is 0 Å². The molecule has 1 aliphatic rings. The fourth-order valence-corrected chi connectivity index (χ4v) is 3.92. The minimum Gasteiger partial charge on any atom is -0.368 e. The quantitative estimate of drug-likeness (QED) is 0.396. The van der Waals surface area contributed by atoms with Crippen molar-refractivity contribution in [1.29, 1.82) is 0 Å². The Balaban J connectivity index is 1.36. The summed E-state index contributed by atoms with van der Waals surface area (Å²) in [5, 5.41) is 6.02. The Bertz CT molecular complexity index is 1190. The molecule has 1 aliphatic heterocycles. The van der Waals surface area contributed by atoms with E-state index in [2.05, 4.69) is 25.5 Å². The van der Waals surface area contributed by atoms with Crippen LogP contribution in [0.15, 0.2) is 60.8 Å². The lowest BCUT2D eigenvalue weighted by atomic mass is 10.1. The number of amides is 2. The standard InChI is InChI=1S/C26H32N8O2/c1-17(27)24(35)30-20-5-3-19(4-6-20)23-11-12-29-26(32-23)31-21-7-9-22(10-8-21)33-13-15-34(16-14-33)25(36)18(2)28/h3-12,17-18H,13-16,27-28H2,1-2H3,(H,30,35)(H,29,31,32). The molecule has 6 N–H and O–H groups in total. The van der Waals surface area contributed by atoms with Crippen LogP contribution in [0.1, 0.15) is 13.8 Å². The van der Waals surface area contributed by atoms with Gasteiger partial charge in [0.2, 0.25) is 17.8 Å². The van der Waals surface area contributed by atoms with E-state index in [1.807, 2.05) is 59.5 Å². The maximum absolute atomic E-state index is 12.1. The highest BCUT2D eigenvalue weighted by Gasteiger charge is 2.23. The van der Waals surface area contributed by atoms with Gasteiger partial charge in [0.05, 0.1) is 17.8 Å². The van der Waals surface area contributed by atoms with Crippen LogP contribution in [-0.4, -0.2) is 64.9 Å². The molecule has 3 aromatic rings. The number of nitrogens with two attached hydrogens (primary N) is 2. The molecule has 188 valence electrons. The molecule has 2 unspecified atom stereocenters. The molecule has 2 aromatic carbocycles. The number of carbonyl (C=O) groups excluding carboxylic acids is 2. The SMILES string of the molecule is CC(N)C(=O)Nc1ccc(-c2ccnc(Nc3ccc(N4CCN(C(=O)C(C)N)CC4)cc3)n2)cc1. The zero-order chi connectivity index (χ0) is 25.7. The van der Waals surface area contributed by atoms with Crippen LogP contribution < -0.4 is 27.0 Å². The van der Waals surface area contributed by atoms with Crippen LogP contribution in [0.5, 0.6) is 0 Å². The van der Waals surface area contributed by atoms with E-state index in [0.717, 1.165) is 35.7 Å². The number of aromatic nitrogens is 2. The van der Waals surface area contributed by atoms with E-state index < -0.39 is 12.1 Å². The highest BCUT2D eigenvalue weighted by atomic mass is 16.2. The van der Waals surface area contributed by atoms with Crippen molar-refractivity contribution in [2.24, 2.45) is 11.5 Å². The molecule has 2 amide bonds. The lowest BCUT2D eigenvalue weighted by molar-refractivity contribution is -0.132. The normalized spacial score (nSPS) is 15.2. The van der Waals surface area contributed by atoms with Crippen LogP contribution in [0.2, 0.25) is 0 Å². The fraction of sp³-hybridized carbons (Fsp3) is 0.308. The van der Waals surface area contributed by atoms with Gasteiger partial charge >= 0.3 is 0 Å². The number of carbonyl (C=O) groups is 2. The van der Waals surface area contributed by atoms with Gasteiger partial charge in [-0.2, -0.15) is 0 Å². The third-order valence-corrected chi connectivity index (χ3v) is 5.99. The zero-order valence-electron chi connectivity index (χ0n) is 20.5. The van der Waals surface area contributed by atoms with Gasteiger partial charge in [-0.05, 0) is 56.3 Å². The summed E-state index contributed by atoms with van der Waals surface area (Å²) in [5.74, 6) is 0.249. The molecule has 4 rings (SSSR count). The molecule has 0 bridgehead atoms. The first-order valence-corrected chi connectivity index (χ1v) is 12.0. The number of hydrogen-bond acceptors (Lipinski definition) is 8. The minimum absolute atomic E-state index is 0.000341. The van der Waals surface area contributed by atoms with Crippen LogP contribution in [0, 0.1) is 0 Å². The maximum Gasteiger partial charge on any atom is 0.240 e. The van der Waals surface area contributed by atoms with Crippen molar-refractivity contribution in [3.05, 3.63) is 60.8 Å². The summed E-state index contributed by atoms with van der Waals surface area (Å²) in [5.41, 5.74) is 15.6. The van der Waals surface area contributed by atoms with Crippen molar-refractivity contribution >= 4 is 34.8 Å². The molecular weight excluding hydrogens is 456 g/mol. The van der Waals surface area contributed by atoms with Gasteiger partial charge in [-0.25, -0.2) is 9.97 Å². The summed E-state index contributed by atoms with van der Waals surface area (Å²) in [6.45, 7) is 6.23. The third-order valence-electron chi connectivity index (χ3n) is 5.99. The first-order chi connectivity index (χ1) is 17.3. The second-order valence-corrected chi connectivity index (χ2v) is 8.89. The number of anilines is 4. The minimum atomic E-state index is -0.574. The monoisotopic (exact) mass is 488 g/mol. The molecule has 10 nitrogen and oxygen atoms in total. The van der Waals surface area contributed by atoms with Crippen molar-refractivity contribution < 1.29 is 9.59 Å². The number of benzene rings is 2. The molecule has 0 spiro atoms. The molecule has 1 saturated heterocycles. The summed E-state index contributed by atoms with van der Waals surface area (Å²) in [7, 11) is 0. The van der Waals surface area contributed by atoms with Gasteiger partial charge in [-0.15, -0.1) is 0 Å². The summed E-state index contributed by atoms with van der Waals surface area (Å²) in [6, 6.07) is 16.3. The van der Waals surface area contributed by atoms with E-state index in [-0.39, 0.29) is 11.8 Å². The van der Waals surface area contributed by atoms with E-state index in [1.54, 1.807) is 20.0 Å². The summed E-state index contributed by atoms with van der Waals surface area (Å²) < 4.78 is 0. The predicted octanol–water partition coefficient (Wildman–Crippen LogP) is 2.17. The predicted molar refractivity (Wildman–Crippen MR) is 142 cm³/mol. The average molecular weight is 489 g/mol. The number of piperazine rings is 1. The summed E-state index contributed by atoms with van der Waals surface area (Å²) in [4.78, 5) is 36.9. The molecule has 2 heterocycles. The van der Waals surface area contributed by atoms with Gasteiger partial charge in [0, 0.05) is 55.0 Å². The Kier molecular flexibility index (Phi) is 7.77. The van der Waals surface area contributed by atoms with Crippen molar-refractivity contribution in [2.75, 3.05) is 41.7 Å². The first-order valence-electron chi connectivity index (χ1n) is 12.0. The van der Waals surface area contributed by atoms with Gasteiger partial charge in [-0.3, -0.25) is 9.59 Å². The Morgan fingerprint density at radius 1 is 0.861 bits per heavy atom. The Hall–Kier alpha value is -4.02. The first kappa shape index (κ1) is 25.1. The molecule has 10 heteroatoms. The molecule has 0 saturated carbocycles. The van der Waals surface area contributed by atoms with E-state index >= 15 is 0 Å². The van der Waals surface area contributed by atoms with Crippen LogP contribution in [-0.2, 0) is 9.59 Å². The molecule has 1 aromatic heterocycles. The molecular formula is C26H32N8O2. The lowest BCUT2D eigenvalue weighted by Crippen LogP contribution is -2.52. The second-order valence-electron chi connectivity index (χ2n) is 8.89. The zero-order valence-corrected chi connectivity index (χ0v) is 20.5. The van der Waals surface area contributed by atoms with E-state index in [9.17, 15) is 9.59 Å². The van der Waals surface area contributed by atoms with E-state index in [4.69, 9.17) is 11.5 Å². The van der Waals surface area contributed by atoms with Crippen molar-refractivity contribution in [2.45, 2.75) is 25.9 Å². The van der Waals surface area contributed by atoms with Gasteiger partial charge in [-0.1, -0.05) is 12.1 Å². The molecule has 0 aliphatic carbocycles. The largest absolute Gasteiger partial charge is 0.368 e. The second kappa shape index (κ2) is 11.1. The average Bonchev–Trinajstić information content (AvgIpc) is 2.89. The highest BCUT2D eigenvalue weighted by Crippen LogP contribution is 2.24. The maximum atomic E-state index is 12.1. The molecule has 36 heavy (non-hydrogen) atoms. The number of nitrogens with one attached hydrogen (secondary N) is 2. The van der Waals surface area contributed by atoms with Gasteiger partial charge in [0.25, 0.3) is 0 Å². The lowest BCUT2D eigenvalue weighted by Gasteiger charge is -2.36. The van der Waals surface area contributed by atoms with Crippen LogP contribution in [0.3, 0.4) is 0 Å². The third kappa shape index (κ3) is 6.15. The number of rotatable bonds is 7. The smallest absolute Gasteiger partial charge is 0.240 e. The van der Waals surface area contributed by atoms with E-state index in [1.165, 1.54) is 0 Å². The topological polar surface area (TPSA) is 142 Å². The highest BCUT2D eigenvalue weighted by molar-refractivity contribution is 5.94. The molecule has 2 atom stereocenters. The number of hydrogen-bond donors (Lipinski definition) is 4. The van der Waals surface area contributed by atoms with Gasteiger partial charge in [0.1, 0.15) is 0 Å². The molecule has 0 radical (unpaired) electrons. The van der Waals surface area contributed by atoms with Crippen LogP contribution >= 0.6 is 0 Å². The Morgan fingerprint density at radius 3 is 2.11 bits per heavy atom. The number of nitrogens with zero attached hydrogens (tertiary/aromatic N) is 4. The Labute approximate surface area is 210 Å². The van der Waals surface area contributed by atoms with Crippen molar-refractivity contribution in [3.8, 4) is 11.3 Å². The molecule has 1 fully saturated rings. The summed E-state index contributed by atoms with van der Waals surface area (Å²) >= 11 is 0. The Morgan fingerprint density at radius 2 is 1.50 bits per heavy atom. The van der Waals surface area contributed by atoms with Gasteiger partial charge < -0.3 is 31.9 Å². The van der Waals surface area contributed by atoms with Crippen LogP contribution in [0.4, 0.5) is 23.0 Å².